The SMILES string of the molecule is CC[C@H]1O[C@H](c2cccc(B3OC(C)(C)C(C)(C)O3)c2)[C@@H](OC(C)=O)[C@@H](C)[C@@H]1C. The van der Waals surface area contributed by atoms with E-state index in [2.05, 4.69) is 26.8 Å². The Morgan fingerprint density at radius 2 is 1.72 bits per heavy atom. The first-order valence-electron chi connectivity index (χ1n) is 10.7. The van der Waals surface area contributed by atoms with Crippen molar-refractivity contribution in [2.45, 2.75) is 91.3 Å². The maximum atomic E-state index is 11.8. The summed E-state index contributed by atoms with van der Waals surface area (Å²) in [7, 11) is -0.436. The maximum absolute atomic E-state index is 11.8. The van der Waals surface area contributed by atoms with Crippen molar-refractivity contribution in [2.75, 3.05) is 0 Å². The van der Waals surface area contributed by atoms with Gasteiger partial charge in [0.1, 0.15) is 12.2 Å². The lowest BCUT2D eigenvalue weighted by atomic mass is 9.75. The Hall–Kier alpha value is -1.37. The van der Waals surface area contributed by atoms with Gasteiger partial charge in [-0.1, -0.05) is 45.0 Å². The molecule has 6 heteroatoms. The van der Waals surface area contributed by atoms with Gasteiger partial charge < -0.3 is 18.8 Å². The molecule has 5 nitrogen and oxygen atoms in total. The molecule has 2 saturated heterocycles. The number of ether oxygens (including phenoxy) is 2. The second-order valence-electron chi connectivity index (χ2n) is 9.55. The first-order chi connectivity index (χ1) is 13.5. The minimum Gasteiger partial charge on any atom is -0.459 e. The Morgan fingerprint density at radius 1 is 1.10 bits per heavy atom. The van der Waals surface area contributed by atoms with Crippen LogP contribution in [0.4, 0.5) is 0 Å². The molecule has 0 aliphatic carbocycles. The highest BCUT2D eigenvalue weighted by molar-refractivity contribution is 6.62. The molecule has 2 aliphatic rings. The smallest absolute Gasteiger partial charge is 0.459 e. The molecule has 2 aliphatic heterocycles. The normalized spacial score (nSPS) is 33.5. The number of benzene rings is 1. The fourth-order valence-electron chi connectivity index (χ4n) is 4.26. The number of hydrogen-bond acceptors (Lipinski definition) is 5. The quantitative estimate of drug-likeness (QED) is 0.562. The molecule has 1 aromatic carbocycles. The van der Waals surface area contributed by atoms with Crippen molar-refractivity contribution in [3.05, 3.63) is 29.8 Å². The molecule has 160 valence electrons. The van der Waals surface area contributed by atoms with E-state index in [0.717, 1.165) is 17.4 Å². The second-order valence-corrected chi connectivity index (χ2v) is 9.55. The van der Waals surface area contributed by atoms with E-state index in [4.69, 9.17) is 18.8 Å². The molecule has 0 spiro atoms. The van der Waals surface area contributed by atoms with Crippen LogP contribution >= 0.6 is 0 Å². The first-order valence-corrected chi connectivity index (χ1v) is 10.7. The van der Waals surface area contributed by atoms with Crippen LogP contribution in [0.3, 0.4) is 0 Å². The van der Waals surface area contributed by atoms with Gasteiger partial charge in [0.25, 0.3) is 0 Å². The summed E-state index contributed by atoms with van der Waals surface area (Å²) in [5, 5.41) is 0. The lowest BCUT2D eigenvalue weighted by Crippen LogP contribution is -2.46. The molecule has 0 saturated carbocycles. The number of hydrogen-bond donors (Lipinski definition) is 0. The molecule has 3 rings (SSSR count). The van der Waals surface area contributed by atoms with E-state index in [1.807, 2.05) is 45.9 Å². The Kier molecular flexibility index (Phi) is 6.20. The van der Waals surface area contributed by atoms with Crippen LogP contribution in [0.1, 0.15) is 73.5 Å². The van der Waals surface area contributed by atoms with Gasteiger partial charge in [-0.2, -0.15) is 0 Å². The summed E-state index contributed by atoms with van der Waals surface area (Å²) in [5.74, 6) is 0.231. The topological polar surface area (TPSA) is 54.0 Å². The third-order valence-corrected chi connectivity index (χ3v) is 7.02. The highest BCUT2D eigenvalue weighted by Gasteiger charge is 2.52. The molecular weight excluding hydrogens is 367 g/mol. The van der Waals surface area contributed by atoms with Gasteiger partial charge in [-0.15, -0.1) is 0 Å². The van der Waals surface area contributed by atoms with Gasteiger partial charge in [0, 0.05) is 12.8 Å². The average Bonchev–Trinajstić information content (AvgIpc) is 2.87. The van der Waals surface area contributed by atoms with Gasteiger partial charge in [-0.05, 0) is 51.1 Å². The van der Waals surface area contributed by atoms with Crippen molar-refractivity contribution in [2.24, 2.45) is 11.8 Å². The van der Waals surface area contributed by atoms with Crippen LogP contribution in [-0.4, -0.2) is 36.5 Å². The van der Waals surface area contributed by atoms with Crippen molar-refractivity contribution in [1.29, 1.82) is 0 Å². The summed E-state index contributed by atoms with van der Waals surface area (Å²) in [6.45, 7) is 16.1. The summed E-state index contributed by atoms with van der Waals surface area (Å²) in [6, 6.07) is 8.11. The molecule has 0 N–H and O–H groups in total. The Balaban J connectivity index is 1.92. The molecule has 2 heterocycles. The van der Waals surface area contributed by atoms with Crippen molar-refractivity contribution < 1.29 is 23.6 Å². The zero-order chi connectivity index (χ0) is 21.6. The monoisotopic (exact) mass is 402 g/mol. The van der Waals surface area contributed by atoms with Crippen molar-refractivity contribution in [1.82, 2.24) is 0 Å². The Morgan fingerprint density at radius 3 is 2.28 bits per heavy atom. The summed E-state index contributed by atoms with van der Waals surface area (Å²) in [6.07, 6.45) is 0.421. The van der Waals surface area contributed by atoms with Gasteiger partial charge in [-0.3, -0.25) is 4.79 Å². The molecule has 0 radical (unpaired) electrons. The predicted molar refractivity (Wildman–Crippen MR) is 114 cm³/mol. The van der Waals surface area contributed by atoms with Gasteiger partial charge >= 0.3 is 13.1 Å². The fourth-order valence-corrected chi connectivity index (χ4v) is 4.26. The predicted octanol–water partition coefficient (Wildman–Crippen LogP) is 4.04. The third kappa shape index (κ3) is 4.26. The zero-order valence-corrected chi connectivity index (χ0v) is 19.0. The summed E-state index contributed by atoms with van der Waals surface area (Å²) < 4.78 is 24.6. The van der Waals surface area contributed by atoms with Crippen LogP contribution in [0.15, 0.2) is 24.3 Å². The van der Waals surface area contributed by atoms with Crippen molar-refractivity contribution in [3.63, 3.8) is 0 Å². The van der Waals surface area contributed by atoms with Crippen LogP contribution in [0.2, 0.25) is 0 Å². The van der Waals surface area contributed by atoms with E-state index in [-0.39, 0.29) is 30.2 Å². The molecule has 5 atom stereocenters. The van der Waals surface area contributed by atoms with Gasteiger partial charge in [0.2, 0.25) is 0 Å². The van der Waals surface area contributed by atoms with E-state index in [1.54, 1.807) is 0 Å². The number of carbonyl (C=O) groups is 1. The van der Waals surface area contributed by atoms with Gasteiger partial charge in [0.15, 0.2) is 0 Å². The minimum absolute atomic E-state index is 0.127. The standard InChI is InChI=1S/C23H35BO5/c1-9-19-14(2)15(3)20(26-16(4)25)21(27-19)17-11-10-12-18(13-17)24-28-22(5,6)23(7,8)29-24/h10-15,19-21H,9H2,1-8H3/t14-,15-,19+,20-,21+/m0/s1. The molecule has 1 aromatic rings. The van der Waals surface area contributed by atoms with Gasteiger partial charge in [0.05, 0.1) is 17.3 Å². The number of rotatable bonds is 4. The number of esters is 1. The van der Waals surface area contributed by atoms with Crippen LogP contribution in [-0.2, 0) is 23.6 Å². The van der Waals surface area contributed by atoms with E-state index in [1.165, 1.54) is 6.92 Å². The first kappa shape index (κ1) is 22.3. The molecule has 0 aromatic heterocycles. The van der Waals surface area contributed by atoms with Crippen LogP contribution < -0.4 is 5.46 Å². The lowest BCUT2D eigenvalue weighted by Gasteiger charge is -2.44. The molecule has 0 amide bonds. The Labute approximate surface area is 175 Å². The molecule has 29 heavy (non-hydrogen) atoms. The van der Waals surface area contributed by atoms with Crippen LogP contribution in [0.5, 0.6) is 0 Å². The molecule has 0 unspecified atom stereocenters. The largest absolute Gasteiger partial charge is 0.494 e. The van der Waals surface area contributed by atoms with Crippen LogP contribution in [0.25, 0.3) is 0 Å². The highest BCUT2D eigenvalue weighted by atomic mass is 16.7. The lowest BCUT2D eigenvalue weighted by molar-refractivity contribution is -0.196. The Bertz CT molecular complexity index is 731. The third-order valence-electron chi connectivity index (χ3n) is 7.02. The minimum atomic E-state index is -0.436. The fraction of sp³-hybridized carbons (Fsp3) is 0.696. The van der Waals surface area contributed by atoms with E-state index in [0.29, 0.717) is 5.92 Å². The molecular formula is C23H35BO5. The molecule has 0 bridgehead atoms. The summed E-state index contributed by atoms with van der Waals surface area (Å²) >= 11 is 0. The second kappa shape index (κ2) is 8.05. The summed E-state index contributed by atoms with van der Waals surface area (Å²) in [4.78, 5) is 11.8. The van der Waals surface area contributed by atoms with E-state index >= 15 is 0 Å². The zero-order valence-electron chi connectivity index (χ0n) is 19.0. The van der Waals surface area contributed by atoms with Gasteiger partial charge in [-0.25, -0.2) is 0 Å². The average molecular weight is 402 g/mol. The molecule has 2 fully saturated rings. The van der Waals surface area contributed by atoms with Crippen molar-refractivity contribution in [3.8, 4) is 0 Å². The van der Waals surface area contributed by atoms with E-state index in [9.17, 15) is 4.79 Å². The number of carbonyl (C=O) groups excluding carboxylic acids is 1. The van der Waals surface area contributed by atoms with Crippen molar-refractivity contribution >= 4 is 18.6 Å². The summed E-state index contributed by atoms with van der Waals surface area (Å²) in [5.41, 5.74) is 1.14. The maximum Gasteiger partial charge on any atom is 0.494 e. The highest BCUT2D eigenvalue weighted by Crippen LogP contribution is 2.41. The van der Waals surface area contributed by atoms with Crippen LogP contribution in [0, 0.1) is 11.8 Å². The van der Waals surface area contributed by atoms with E-state index < -0.39 is 18.3 Å².